The highest BCUT2D eigenvalue weighted by Crippen LogP contribution is 2.19. The summed E-state index contributed by atoms with van der Waals surface area (Å²) in [5.74, 6) is 0. The first-order valence-corrected chi connectivity index (χ1v) is 7.12. The first-order chi connectivity index (χ1) is 9.85. The lowest BCUT2D eigenvalue weighted by Crippen LogP contribution is -1.91. The smallest absolute Gasteiger partial charge is 0.0733 e. The predicted octanol–water partition coefficient (Wildman–Crippen LogP) is 5.25. The summed E-state index contributed by atoms with van der Waals surface area (Å²) in [6.45, 7) is 5.79. The minimum atomic E-state index is 1.06. The van der Waals surface area contributed by atoms with Crippen LogP contribution in [0.4, 0.5) is 0 Å². The van der Waals surface area contributed by atoms with Crippen LogP contribution in [0.15, 0.2) is 73.0 Å². The summed E-state index contributed by atoms with van der Waals surface area (Å²) in [5.41, 5.74) is 3.84. The molecule has 0 saturated carbocycles. The van der Waals surface area contributed by atoms with Crippen molar-refractivity contribution in [3.8, 4) is 0 Å². The average Bonchev–Trinajstić information content (AvgIpc) is 2.51. The molecule has 0 amide bonds. The molecule has 2 rings (SSSR count). The fraction of sp³-hybridized carbons (Fsp3) is 0.211. The summed E-state index contributed by atoms with van der Waals surface area (Å²) >= 11 is 0. The van der Waals surface area contributed by atoms with E-state index >= 15 is 0 Å². The van der Waals surface area contributed by atoms with Crippen LogP contribution in [0.3, 0.4) is 0 Å². The molecule has 20 heavy (non-hydrogen) atoms. The molecule has 2 aromatic rings. The van der Waals surface area contributed by atoms with Crippen molar-refractivity contribution in [1.29, 1.82) is 0 Å². The predicted molar refractivity (Wildman–Crippen MR) is 87.8 cm³/mol. The number of hydrogen-bond donors (Lipinski definition) is 0. The zero-order valence-corrected chi connectivity index (χ0v) is 12.0. The molecular weight excluding hydrogens is 242 g/mol. The Morgan fingerprint density at radius 2 is 2.10 bits per heavy atom. The van der Waals surface area contributed by atoms with Crippen LogP contribution in [0.2, 0.25) is 0 Å². The van der Waals surface area contributed by atoms with E-state index in [4.69, 9.17) is 0 Å². The Morgan fingerprint density at radius 1 is 1.25 bits per heavy atom. The minimum Gasteiger partial charge on any atom is -0.256 e. The monoisotopic (exact) mass is 263 g/mol. The number of benzene rings is 1. The van der Waals surface area contributed by atoms with Gasteiger partial charge in [-0.05, 0) is 37.8 Å². The van der Waals surface area contributed by atoms with E-state index in [2.05, 4.69) is 54.9 Å². The maximum absolute atomic E-state index is 4.51. The highest BCUT2D eigenvalue weighted by Gasteiger charge is 2.01. The summed E-state index contributed by atoms with van der Waals surface area (Å²) in [5, 5.41) is 1.22. The van der Waals surface area contributed by atoms with Gasteiger partial charge in [-0.3, -0.25) is 4.98 Å². The third-order valence-corrected chi connectivity index (χ3v) is 3.45. The van der Waals surface area contributed by atoms with Crippen molar-refractivity contribution in [1.82, 2.24) is 4.98 Å². The first-order valence-electron chi connectivity index (χ1n) is 7.12. The van der Waals surface area contributed by atoms with Crippen molar-refractivity contribution < 1.29 is 0 Å². The number of aromatic nitrogens is 1. The maximum Gasteiger partial charge on any atom is 0.0733 e. The van der Waals surface area contributed by atoms with Gasteiger partial charge in [0.25, 0.3) is 0 Å². The van der Waals surface area contributed by atoms with Crippen LogP contribution >= 0.6 is 0 Å². The van der Waals surface area contributed by atoms with Gasteiger partial charge >= 0.3 is 0 Å². The average molecular weight is 263 g/mol. The summed E-state index contributed by atoms with van der Waals surface area (Å²) in [6, 6.07) is 10.5. The first kappa shape index (κ1) is 14.3. The standard InChI is InChI=1S/C19H21N/c1-3-5-9-16(4-2)10-6-11-17-12-7-13-18-14-8-15-20-19(17)18/h3-5,7-9,12-15H,1,6,10-11H2,2H3/b9-5-,16-4+. The molecule has 1 aromatic heterocycles. The molecule has 0 aliphatic heterocycles. The Morgan fingerprint density at radius 3 is 2.90 bits per heavy atom. The molecule has 0 N–H and O–H groups in total. The lowest BCUT2D eigenvalue weighted by atomic mass is 10.0. The zero-order valence-electron chi connectivity index (χ0n) is 12.0. The number of rotatable bonds is 6. The molecule has 1 aromatic carbocycles. The minimum absolute atomic E-state index is 1.06. The van der Waals surface area contributed by atoms with Crippen molar-refractivity contribution >= 4 is 10.9 Å². The normalized spacial score (nSPS) is 12.2. The Kier molecular flexibility index (Phi) is 5.31. The number of allylic oxidation sites excluding steroid dienone is 5. The SMILES string of the molecule is C=C/C=C\C(=C/C)CCCc1cccc2cccnc12. The second-order valence-corrected chi connectivity index (χ2v) is 4.80. The van der Waals surface area contributed by atoms with E-state index in [1.54, 1.807) is 0 Å². The third-order valence-electron chi connectivity index (χ3n) is 3.45. The van der Waals surface area contributed by atoms with Gasteiger partial charge in [0, 0.05) is 11.6 Å². The van der Waals surface area contributed by atoms with Crippen LogP contribution in [0.1, 0.15) is 25.3 Å². The fourth-order valence-corrected chi connectivity index (χ4v) is 2.37. The molecular formula is C19H21N. The van der Waals surface area contributed by atoms with Crippen LogP contribution in [-0.2, 0) is 6.42 Å². The number of hydrogen-bond acceptors (Lipinski definition) is 1. The van der Waals surface area contributed by atoms with Gasteiger partial charge in [0.1, 0.15) is 0 Å². The lowest BCUT2D eigenvalue weighted by Gasteiger charge is -2.06. The largest absolute Gasteiger partial charge is 0.256 e. The Bertz CT molecular complexity index is 630. The van der Waals surface area contributed by atoms with Gasteiger partial charge < -0.3 is 0 Å². The molecule has 0 aliphatic carbocycles. The summed E-state index contributed by atoms with van der Waals surface area (Å²) in [7, 11) is 0. The van der Waals surface area contributed by atoms with E-state index < -0.39 is 0 Å². The second-order valence-electron chi connectivity index (χ2n) is 4.80. The summed E-state index contributed by atoms with van der Waals surface area (Å²) in [6.07, 6.45) is 13.3. The van der Waals surface area contributed by atoms with Crippen molar-refractivity contribution in [2.75, 3.05) is 0 Å². The van der Waals surface area contributed by atoms with Crippen LogP contribution in [-0.4, -0.2) is 4.98 Å². The van der Waals surface area contributed by atoms with E-state index in [1.165, 1.54) is 16.5 Å². The molecule has 1 heteroatoms. The topological polar surface area (TPSA) is 12.9 Å². The molecule has 0 fully saturated rings. The molecule has 0 saturated heterocycles. The molecule has 0 bridgehead atoms. The van der Waals surface area contributed by atoms with Gasteiger partial charge in [-0.2, -0.15) is 0 Å². The van der Waals surface area contributed by atoms with Gasteiger partial charge in [-0.15, -0.1) is 0 Å². The number of fused-ring (bicyclic) bond motifs is 1. The molecule has 1 nitrogen and oxygen atoms in total. The maximum atomic E-state index is 4.51. The van der Waals surface area contributed by atoms with Gasteiger partial charge in [-0.1, -0.05) is 60.7 Å². The quantitative estimate of drug-likeness (QED) is 0.649. The van der Waals surface area contributed by atoms with Crippen LogP contribution < -0.4 is 0 Å². The van der Waals surface area contributed by atoms with Crippen molar-refractivity contribution in [3.63, 3.8) is 0 Å². The number of pyridine rings is 1. The van der Waals surface area contributed by atoms with E-state index in [0.29, 0.717) is 0 Å². The van der Waals surface area contributed by atoms with Crippen molar-refractivity contribution in [2.45, 2.75) is 26.2 Å². The van der Waals surface area contributed by atoms with E-state index in [-0.39, 0.29) is 0 Å². The van der Waals surface area contributed by atoms with Crippen molar-refractivity contribution in [3.05, 3.63) is 78.5 Å². The van der Waals surface area contributed by atoms with Gasteiger partial charge in [-0.25, -0.2) is 0 Å². The Labute approximate surface area is 121 Å². The van der Waals surface area contributed by atoms with Crippen LogP contribution in [0.25, 0.3) is 10.9 Å². The highest BCUT2D eigenvalue weighted by molar-refractivity contribution is 5.81. The van der Waals surface area contributed by atoms with Gasteiger partial charge in [0.05, 0.1) is 5.52 Å². The summed E-state index contributed by atoms with van der Waals surface area (Å²) < 4.78 is 0. The van der Waals surface area contributed by atoms with E-state index in [9.17, 15) is 0 Å². The highest BCUT2D eigenvalue weighted by atomic mass is 14.6. The molecule has 0 spiro atoms. The molecule has 0 unspecified atom stereocenters. The zero-order chi connectivity index (χ0) is 14.2. The Hall–Kier alpha value is -2.15. The number of nitrogens with zero attached hydrogens (tertiary/aromatic N) is 1. The van der Waals surface area contributed by atoms with E-state index in [1.807, 2.05) is 24.4 Å². The summed E-state index contributed by atoms with van der Waals surface area (Å²) in [4.78, 5) is 4.51. The van der Waals surface area contributed by atoms with Gasteiger partial charge in [0.2, 0.25) is 0 Å². The fourth-order valence-electron chi connectivity index (χ4n) is 2.37. The molecule has 1 heterocycles. The lowest BCUT2D eigenvalue weighted by molar-refractivity contribution is 0.825. The molecule has 0 radical (unpaired) electrons. The second kappa shape index (κ2) is 7.44. The molecule has 0 atom stereocenters. The third kappa shape index (κ3) is 3.67. The Balaban J connectivity index is 2.03. The van der Waals surface area contributed by atoms with Gasteiger partial charge in [0.15, 0.2) is 0 Å². The number of aryl methyl sites for hydroxylation is 1. The van der Waals surface area contributed by atoms with Crippen molar-refractivity contribution in [2.24, 2.45) is 0 Å². The van der Waals surface area contributed by atoms with Crippen LogP contribution in [0, 0.1) is 0 Å². The van der Waals surface area contributed by atoms with E-state index in [0.717, 1.165) is 24.8 Å². The molecule has 102 valence electrons. The number of para-hydroxylation sites is 1. The van der Waals surface area contributed by atoms with Crippen LogP contribution in [0.5, 0.6) is 0 Å². The molecule has 0 aliphatic rings.